The highest BCUT2D eigenvalue weighted by molar-refractivity contribution is 5.37. The van der Waals surface area contributed by atoms with Gasteiger partial charge in [0.25, 0.3) is 0 Å². The molecule has 1 aromatic heterocycles. The highest BCUT2D eigenvalue weighted by Gasteiger charge is 2.32. The second-order valence-electron chi connectivity index (χ2n) is 3.85. The molecule has 0 fully saturated rings. The molecule has 1 heterocycles. The maximum absolute atomic E-state index is 13.3. The minimum absolute atomic E-state index is 0.0538. The number of anilines is 1. The Labute approximate surface area is 107 Å². The lowest BCUT2D eigenvalue weighted by atomic mass is 10.2. The minimum atomic E-state index is -4.49. The Morgan fingerprint density at radius 1 is 1.00 bits per heavy atom. The van der Waals surface area contributed by atoms with Gasteiger partial charge in [-0.1, -0.05) is 24.3 Å². The average molecular weight is 270 g/mol. The maximum atomic E-state index is 13.3. The van der Waals surface area contributed by atoms with Crippen molar-refractivity contribution in [1.82, 2.24) is 4.98 Å². The van der Waals surface area contributed by atoms with Crippen LogP contribution in [0.4, 0.5) is 23.4 Å². The van der Waals surface area contributed by atoms with Crippen molar-refractivity contribution in [3.8, 4) is 0 Å². The normalized spacial score (nSPS) is 11.4. The van der Waals surface area contributed by atoms with Crippen LogP contribution in [0.1, 0.15) is 11.3 Å². The number of aromatic nitrogens is 1. The van der Waals surface area contributed by atoms with Gasteiger partial charge in [-0.15, -0.1) is 0 Å². The quantitative estimate of drug-likeness (QED) is 0.857. The van der Waals surface area contributed by atoms with Crippen molar-refractivity contribution in [1.29, 1.82) is 0 Å². The Bertz CT molecular complexity index is 567. The van der Waals surface area contributed by atoms with Gasteiger partial charge < -0.3 is 5.32 Å². The number of alkyl halides is 3. The number of nitrogens with zero attached hydrogens (tertiary/aromatic N) is 1. The predicted molar refractivity (Wildman–Crippen MR) is 63.0 cm³/mol. The van der Waals surface area contributed by atoms with Gasteiger partial charge in [0.2, 0.25) is 0 Å². The first-order chi connectivity index (χ1) is 8.97. The summed E-state index contributed by atoms with van der Waals surface area (Å²) in [6.07, 6.45) is -4.49. The van der Waals surface area contributed by atoms with Gasteiger partial charge in [0, 0.05) is 12.1 Å². The Kier molecular flexibility index (Phi) is 3.69. The third-order valence-electron chi connectivity index (χ3n) is 2.46. The van der Waals surface area contributed by atoms with Gasteiger partial charge in [0.15, 0.2) is 0 Å². The van der Waals surface area contributed by atoms with E-state index < -0.39 is 17.7 Å². The number of hydrogen-bond acceptors (Lipinski definition) is 2. The molecule has 0 spiro atoms. The summed E-state index contributed by atoms with van der Waals surface area (Å²) in [6.45, 7) is 0.0704. The van der Waals surface area contributed by atoms with E-state index in [1.54, 1.807) is 18.2 Å². The number of benzene rings is 1. The molecule has 0 bridgehead atoms. The zero-order valence-corrected chi connectivity index (χ0v) is 9.71. The van der Waals surface area contributed by atoms with Crippen LogP contribution in [-0.4, -0.2) is 4.98 Å². The molecule has 0 radical (unpaired) electrons. The molecule has 2 rings (SSSR count). The minimum Gasteiger partial charge on any atom is -0.366 e. The number of pyridine rings is 1. The highest BCUT2D eigenvalue weighted by Crippen LogP contribution is 2.28. The average Bonchev–Trinajstić information content (AvgIpc) is 2.37. The monoisotopic (exact) mass is 270 g/mol. The summed E-state index contributed by atoms with van der Waals surface area (Å²) in [4.78, 5) is 3.43. The SMILES string of the molecule is Fc1ccccc1CNc1cccc(C(F)(F)F)n1. The van der Waals surface area contributed by atoms with Crippen LogP contribution in [-0.2, 0) is 12.7 Å². The lowest BCUT2D eigenvalue weighted by Crippen LogP contribution is -2.10. The molecule has 0 atom stereocenters. The van der Waals surface area contributed by atoms with E-state index in [4.69, 9.17) is 0 Å². The molecule has 0 amide bonds. The Morgan fingerprint density at radius 2 is 1.74 bits per heavy atom. The second kappa shape index (κ2) is 5.26. The van der Waals surface area contributed by atoms with Crippen molar-refractivity contribution in [3.63, 3.8) is 0 Å². The topological polar surface area (TPSA) is 24.9 Å². The van der Waals surface area contributed by atoms with Crippen molar-refractivity contribution in [2.45, 2.75) is 12.7 Å². The van der Waals surface area contributed by atoms with Crippen LogP contribution < -0.4 is 5.32 Å². The lowest BCUT2D eigenvalue weighted by Gasteiger charge is -2.09. The molecule has 0 aliphatic carbocycles. The third-order valence-corrected chi connectivity index (χ3v) is 2.46. The van der Waals surface area contributed by atoms with E-state index in [1.807, 2.05) is 0 Å². The van der Waals surface area contributed by atoms with E-state index in [1.165, 1.54) is 18.2 Å². The summed E-state index contributed by atoms with van der Waals surface area (Å²) >= 11 is 0. The van der Waals surface area contributed by atoms with E-state index >= 15 is 0 Å². The molecule has 0 saturated carbocycles. The first kappa shape index (κ1) is 13.3. The van der Waals surface area contributed by atoms with Crippen molar-refractivity contribution in [2.24, 2.45) is 0 Å². The number of hydrogen-bond donors (Lipinski definition) is 1. The fraction of sp³-hybridized carbons (Fsp3) is 0.154. The fourth-order valence-corrected chi connectivity index (χ4v) is 1.52. The Hall–Kier alpha value is -2.11. The molecule has 0 aliphatic heterocycles. The van der Waals surface area contributed by atoms with Crippen LogP contribution in [0, 0.1) is 5.82 Å². The zero-order chi connectivity index (χ0) is 13.9. The second-order valence-corrected chi connectivity index (χ2v) is 3.85. The van der Waals surface area contributed by atoms with E-state index in [0.717, 1.165) is 6.07 Å². The Morgan fingerprint density at radius 3 is 2.42 bits per heavy atom. The molecule has 100 valence electrons. The Balaban J connectivity index is 2.10. The first-order valence-corrected chi connectivity index (χ1v) is 5.48. The van der Waals surface area contributed by atoms with Crippen LogP contribution >= 0.6 is 0 Å². The maximum Gasteiger partial charge on any atom is 0.433 e. The molecule has 2 aromatic rings. The van der Waals surface area contributed by atoms with Gasteiger partial charge in [-0.3, -0.25) is 0 Å². The summed E-state index contributed by atoms with van der Waals surface area (Å²) in [5, 5.41) is 2.66. The highest BCUT2D eigenvalue weighted by atomic mass is 19.4. The molecule has 0 unspecified atom stereocenters. The summed E-state index contributed by atoms with van der Waals surface area (Å²) in [5.41, 5.74) is -0.618. The van der Waals surface area contributed by atoms with E-state index in [2.05, 4.69) is 10.3 Å². The van der Waals surface area contributed by atoms with Gasteiger partial charge in [-0.05, 0) is 18.2 Å². The summed E-state index contributed by atoms with van der Waals surface area (Å²) < 4.78 is 50.7. The van der Waals surface area contributed by atoms with Crippen LogP contribution in [0.25, 0.3) is 0 Å². The summed E-state index contributed by atoms with van der Waals surface area (Å²) in [6, 6.07) is 9.57. The zero-order valence-electron chi connectivity index (χ0n) is 9.71. The molecule has 19 heavy (non-hydrogen) atoms. The third kappa shape index (κ3) is 3.43. The molecule has 6 heteroatoms. The van der Waals surface area contributed by atoms with Crippen molar-refractivity contribution < 1.29 is 17.6 Å². The standard InChI is InChI=1S/C13H10F4N2/c14-10-5-2-1-4-9(10)8-18-12-7-3-6-11(19-12)13(15,16)17/h1-7H,8H2,(H,18,19). The fourth-order valence-electron chi connectivity index (χ4n) is 1.52. The molecular formula is C13H10F4N2. The van der Waals surface area contributed by atoms with Crippen molar-refractivity contribution in [3.05, 3.63) is 59.5 Å². The molecule has 1 N–H and O–H groups in total. The van der Waals surface area contributed by atoms with Gasteiger partial charge in [0.1, 0.15) is 17.3 Å². The largest absolute Gasteiger partial charge is 0.433 e. The van der Waals surface area contributed by atoms with Crippen LogP contribution in [0.15, 0.2) is 42.5 Å². The van der Waals surface area contributed by atoms with E-state index in [9.17, 15) is 17.6 Å². The summed E-state index contributed by atoms with van der Waals surface area (Å²) in [5.74, 6) is -0.361. The van der Waals surface area contributed by atoms with Crippen LogP contribution in [0.5, 0.6) is 0 Å². The smallest absolute Gasteiger partial charge is 0.366 e. The molecular weight excluding hydrogens is 260 g/mol. The predicted octanol–water partition coefficient (Wildman–Crippen LogP) is 3.85. The van der Waals surface area contributed by atoms with Crippen LogP contribution in [0.2, 0.25) is 0 Å². The number of rotatable bonds is 3. The molecule has 1 aromatic carbocycles. The number of halogens is 4. The first-order valence-electron chi connectivity index (χ1n) is 5.48. The lowest BCUT2D eigenvalue weighted by molar-refractivity contribution is -0.141. The van der Waals surface area contributed by atoms with Crippen molar-refractivity contribution in [2.75, 3.05) is 5.32 Å². The van der Waals surface area contributed by atoms with Gasteiger partial charge in [0.05, 0.1) is 0 Å². The van der Waals surface area contributed by atoms with Gasteiger partial charge >= 0.3 is 6.18 Å². The number of nitrogens with one attached hydrogen (secondary N) is 1. The van der Waals surface area contributed by atoms with Crippen molar-refractivity contribution >= 4 is 5.82 Å². The summed E-state index contributed by atoms with van der Waals surface area (Å²) in [7, 11) is 0. The van der Waals surface area contributed by atoms with E-state index in [-0.39, 0.29) is 12.4 Å². The van der Waals surface area contributed by atoms with Gasteiger partial charge in [-0.25, -0.2) is 9.37 Å². The molecule has 0 saturated heterocycles. The molecule has 0 aliphatic rings. The van der Waals surface area contributed by atoms with Crippen LogP contribution in [0.3, 0.4) is 0 Å². The van der Waals surface area contributed by atoms with Gasteiger partial charge in [-0.2, -0.15) is 13.2 Å². The molecule has 2 nitrogen and oxygen atoms in total. The van der Waals surface area contributed by atoms with E-state index in [0.29, 0.717) is 5.56 Å².